The first kappa shape index (κ1) is 30.2. The summed E-state index contributed by atoms with van der Waals surface area (Å²) in [6.07, 6.45) is 8.37. The van der Waals surface area contributed by atoms with Crippen molar-refractivity contribution < 1.29 is 47.8 Å². The molecule has 2 aromatic rings. The van der Waals surface area contributed by atoms with Crippen LogP contribution in [-0.4, -0.2) is 5.49 Å². The molecule has 0 unspecified atom stereocenters. The van der Waals surface area contributed by atoms with E-state index in [1.54, 1.807) is 0 Å². The van der Waals surface area contributed by atoms with Gasteiger partial charge in [-0.3, -0.25) is 6.08 Å². The monoisotopic (exact) mass is 600 g/mol. The zero-order valence-corrected chi connectivity index (χ0v) is 24.7. The van der Waals surface area contributed by atoms with Gasteiger partial charge in [0.2, 0.25) is 0 Å². The van der Waals surface area contributed by atoms with Crippen LogP contribution in [0.5, 0.6) is 0 Å². The Morgan fingerprint density at radius 2 is 1.50 bits per heavy atom. The predicted molar refractivity (Wildman–Crippen MR) is 116 cm³/mol. The van der Waals surface area contributed by atoms with Crippen molar-refractivity contribution in [3.63, 3.8) is 0 Å². The van der Waals surface area contributed by atoms with Crippen molar-refractivity contribution in [2.24, 2.45) is 5.41 Å². The Bertz CT molecular complexity index is 783. The molecule has 4 heteroatoms. The second kappa shape index (κ2) is 13.3. The van der Waals surface area contributed by atoms with E-state index in [0.29, 0.717) is 5.41 Å². The largest absolute Gasteiger partial charge is 1.00 e. The minimum atomic E-state index is 0. The maximum absolute atomic E-state index is 3.16. The van der Waals surface area contributed by atoms with E-state index >= 15 is 0 Å². The normalized spacial score (nSPS) is 12.6. The molecule has 0 saturated heterocycles. The van der Waals surface area contributed by atoms with Crippen LogP contribution in [0.4, 0.5) is 0 Å². The molecule has 0 spiro atoms. The molecule has 0 bridgehead atoms. The number of rotatable bonds is 0. The van der Waals surface area contributed by atoms with Gasteiger partial charge in [-0.25, -0.2) is 12.2 Å². The van der Waals surface area contributed by atoms with E-state index in [4.69, 9.17) is 0 Å². The summed E-state index contributed by atoms with van der Waals surface area (Å²) in [4.78, 5) is 0. The Kier molecular flexibility index (Phi) is 14.3. The van der Waals surface area contributed by atoms with E-state index in [2.05, 4.69) is 103 Å². The van der Waals surface area contributed by atoms with Crippen LogP contribution >= 0.6 is 0 Å². The van der Waals surface area contributed by atoms with Crippen LogP contribution in [0, 0.1) is 11.5 Å². The number of hydrogen-bond acceptors (Lipinski definition) is 0. The Morgan fingerprint density at radius 1 is 0.964 bits per heavy atom. The predicted octanol–water partition coefficient (Wildman–Crippen LogP) is 1.37. The van der Waals surface area contributed by atoms with Gasteiger partial charge in [0.15, 0.2) is 0 Å². The molecule has 0 aliphatic heterocycles. The van der Waals surface area contributed by atoms with Crippen LogP contribution in [0.3, 0.4) is 0 Å². The van der Waals surface area contributed by atoms with Crippen molar-refractivity contribution >= 4 is 16.3 Å². The summed E-state index contributed by atoms with van der Waals surface area (Å²) in [5.74, 6) is 0. The summed E-state index contributed by atoms with van der Waals surface area (Å²) in [5.41, 5.74) is 3.80. The second-order valence-electron chi connectivity index (χ2n) is 9.07. The molecule has 0 aromatic heterocycles. The first-order chi connectivity index (χ1) is 11.9. The Labute approximate surface area is 200 Å². The summed E-state index contributed by atoms with van der Waals surface area (Å²) >= 11 is 1.45. The van der Waals surface area contributed by atoms with E-state index in [1.807, 2.05) is 6.08 Å². The van der Waals surface area contributed by atoms with Crippen LogP contribution in [0.15, 0.2) is 54.1 Å². The SMILES string of the molecule is CC(C)(C)C1=CC=[C-]C1.CC(C)(C)c1c[cH-]c2ccccc12.C[Si](C)=[Hf+2].[Cl-].[Cl-]. The van der Waals surface area contributed by atoms with Crippen LogP contribution in [0.25, 0.3) is 10.8 Å². The first-order valence-electron chi connectivity index (χ1n) is 9.36. The average molecular weight is 600 g/mol. The van der Waals surface area contributed by atoms with Gasteiger partial charge in [0.25, 0.3) is 0 Å². The molecule has 2 aromatic carbocycles. The molecule has 28 heavy (non-hydrogen) atoms. The summed E-state index contributed by atoms with van der Waals surface area (Å²) in [6.45, 7) is 18.1. The Balaban J connectivity index is 0. The first-order valence-corrected chi connectivity index (χ1v) is 17.2. The van der Waals surface area contributed by atoms with Gasteiger partial charge in [-0.15, -0.1) is 53.1 Å². The molecule has 0 radical (unpaired) electrons. The van der Waals surface area contributed by atoms with Gasteiger partial charge in [0, 0.05) is 0 Å². The van der Waals surface area contributed by atoms with Gasteiger partial charge in [0.1, 0.15) is 0 Å². The molecule has 0 fully saturated rings. The second-order valence-corrected chi connectivity index (χ2v) is 21.9. The number of benzene rings is 1. The third-order valence-electron chi connectivity index (χ3n) is 4.15. The number of fused-ring (bicyclic) bond motifs is 1. The number of allylic oxidation sites excluding steroid dienone is 4. The summed E-state index contributed by atoms with van der Waals surface area (Å²) in [5, 5.41) is 2.75. The van der Waals surface area contributed by atoms with E-state index in [0.717, 1.165) is 6.42 Å². The summed E-state index contributed by atoms with van der Waals surface area (Å²) in [7, 11) is 0. The fourth-order valence-corrected chi connectivity index (χ4v) is 2.71. The number of halogens is 2. The van der Waals surface area contributed by atoms with E-state index in [-0.39, 0.29) is 35.7 Å². The maximum Gasteiger partial charge on any atom is -1.00 e. The van der Waals surface area contributed by atoms with Crippen LogP contribution in [-0.2, 0) is 28.4 Å². The quantitative estimate of drug-likeness (QED) is 0.317. The van der Waals surface area contributed by atoms with E-state index < -0.39 is 0 Å². The van der Waals surface area contributed by atoms with Crippen molar-refractivity contribution in [3.05, 3.63) is 65.8 Å². The minimum Gasteiger partial charge on any atom is -1.00 e. The van der Waals surface area contributed by atoms with Gasteiger partial charge in [0.05, 0.1) is 0 Å². The molecule has 1 aliphatic carbocycles. The molecular weight excluding hydrogens is 566 g/mol. The van der Waals surface area contributed by atoms with Crippen LogP contribution < -0.4 is 24.8 Å². The summed E-state index contributed by atoms with van der Waals surface area (Å²) in [6, 6.07) is 13.0. The van der Waals surface area contributed by atoms with Gasteiger partial charge < -0.3 is 24.8 Å². The molecule has 0 heterocycles. The maximum atomic E-state index is 3.16. The average Bonchev–Trinajstić information content (AvgIpc) is 3.16. The molecule has 154 valence electrons. The Hall–Kier alpha value is -0.0230. The molecule has 0 N–H and O–H groups in total. The van der Waals surface area contributed by atoms with Crippen molar-refractivity contribution in [1.29, 1.82) is 0 Å². The minimum absolute atomic E-state index is 0. The van der Waals surface area contributed by atoms with Gasteiger partial charge in [-0.1, -0.05) is 53.0 Å². The topological polar surface area (TPSA) is 0 Å². The molecule has 0 amide bonds. The van der Waals surface area contributed by atoms with Gasteiger partial charge >= 0.3 is 41.6 Å². The van der Waals surface area contributed by atoms with Crippen molar-refractivity contribution in [2.75, 3.05) is 0 Å². The standard InChI is InChI=1S/C13H15.C9H13.C2H6Si.2ClH.Hf/c1-13(2,3)12-9-8-10-6-4-5-7-11(10)12;1-9(2,3)8-6-4-5-7-8;1-3-2;;;/h4-9H,1-3H3;4,6H,7H2,1-3H3;1-2H3;2*1H;/q2*-1;;;;+2/p-2. The molecule has 0 nitrogen and oxygen atoms in total. The number of hydrogen-bond donors (Lipinski definition) is 0. The zero-order chi connectivity index (χ0) is 20.0. The fourth-order valence-electron chi connectivity index (χ4n) is 2.71. The molecule has 1 aliphatic rings. The molecular formula is C24H34Cl2HfSi-2. The fraction of sp³-hybridized carbons (Fsp3) is 0.458. The molecule has 0 saturated carbocycles. The van der Waals surface area contributed by atoms with E-state index in [9.17, 15) is 0 Å². The van der Waals surface area contributed by atoms with Crippen molar-refractivity contribution in [3.8, 4) is 0 Å². The van der Waals surface area contributed by atoms with E-state index in [1.165, 1.54) is 44.9 Å². The molecule has 0 atom stereocenters. The zero-order valence-electron chi connectivity index (χ0n) is 18.6. The third kappa shape index (κ3) is 10.7. The van der Waals surface area contributed by atoms with Crippen molar-refractivity contribution in [2.45, 2.75) is 66.5 Å². The van der Waals surface area contributed by atoms with Crippen LogP contribution in [0.2, 0.25) is 13.1 Å². The smallest absolute Gasteiger partial charge is 1.00 e. The van der Waals surface area contributed by atoms with Crippen LogP contribution in [0.1, 0.15) is 53.5 Å². The van der Waals surface area contributed by atoms with Gasteiger partial charge in [-0.05, 0) is 5.41 Å². The molecule has 3 rings (SSSR count). The summed E-state index contributed by atoms with van der Waals surface area (Å²) < 4.78 is 0. The Morgan fingerprint density at radius 3 is 1.89 bits per heavy atom. The van der Waals surface area contributed by atoms with Crippen molar-refractivity contribution in [1.82, 2.24) is 0 Å². The van der Waals surface area contributed by atoms with Gasteiger partial charge in [-0.2, -0.15) is 5.57 Å². The third-order valence-corrected chi connectivity index (χ3v) is 4.15.